The van der Waals surface area contributed by atoms with Gasteiger partial charge in [-0.05, 0) is 33.3 Å². The molecular weight excluding hydrogens is 322 g/mol. The molecule has 1 aliphatic heterocycles. The van der Waals surface area contributed by atoms with E-state index in [4.69, 9.17) is 9.72 Å². The van der Waals surface area contributed by atoms with E-state index in [0.29, 0.717) is 6.61 Å². The fourth-order valence-corrected chi connectivity index (χ4v) is 4.45. The molecule has 0 bridgehead atoms. The highest BCUT2D eigenvalue weighted by Crippen LogP contribution is 2.39. The van der Waals surface area contributed by atoms with Crippen molar-refractivity contribution in [2.24, 2.45) is 0 Å². The molecule has 24 heavy (non-hydrogen) atoms. The number of nitrogens with zero attached hydrogens (tertiary/aromatic N) is 4. The largest absolute Gasteiger partial charge is 0.370 e. The van der Waals surface area contributed by atoms with E-state index < -0.39 is 0 Å². The first-order valence-corrected chi connectivity index (χ1v) is 9.44. The second kappa shape index (κ2) is 5.75. The summed E-state index contributed by atoms with van der Waals surface area (Å²) >= 11 is 1.73. The van der Waals surface area contributed by atoms with Gasteiger partial charge in [-0.2, -0.15) is 0 Å². The fourth-order valence-electron chi connectivity index (χ4n) is 3.38. The van der Waals surface area contributed by atoms with Crippen molar-refractivity contribution in [1.29, 1.82) is 0 Å². The van der Waals surface area contributed by atoms with Gasteiger partial charge in [-0.25, -0.2) is 14.5 Å². The number of rotatable bonds is 4. The van der Waals surface area contributed by atoms with Crippen molar-refractivity contribution in [3.63, 3.8) is 0 Å². The Kier molecular flexibility index (Phi) is 3.82. The van der Waals surface area contributed by atoms with Gasteiger partial charge in [-0.15, -0.1) is 16.4 Å². The number of hydrogen-bond acceptors (Lipinski definition) is 5. The van der Waals surface area contributed by atoms with Gasteiger partial charge in [0.05, 0.1) is 30.7 Å². The third-order valence-electron chi connectivity index (χ3n) is 4.86. The average Bonchev–Trinajstić information content (AvgIpc) is 3.11. The first-order valence-electron chi connectivity index (χ1n) is 8.62. The van der Waals surface area contributed by atoms with Gasteiger partial charge in [0.1, 0.15) is 17.7 Å². The van der Waals surface area contributed by atoms with Gasteiger partial charge < -0.3 is 9.64 Å². The zero-order valence-corrected chi connectivity index (χ0v) is 15.5. The maximum atomic E-state index is 5.96. The van der Waals surface area contributed by atoms with Crippen molar-refractivity contribution in [3.05, 3.63) is 22.6 Å². The predicted molar refractivity (Wildman–Crippen MR) is 94.5 cm³/mol. The highest BCUT2D eigenvalue weighted by Gasteiger charge is 2.30. The van der Waals surface area contributed by atoms with E-state index in [0.717, 1.165) is 42.4 Å². The molecule has 0 aromatic carbocycles. The van der Waals surface area contributed by atoms with E-state index in [9.17, 15) is 0 Å². The summed E-state index contributed by atoms with van der Waals surface area (Å²) in [6, 6.07) is 0. The van der Waals surface area contributed by atoms with Gasteiger partial charge in [-0.3, -0.25) is 0 Å². The number of thiophene rings is 1. The van der Waals surface area contributed by atoms with E-state index in [2.05, 4.69) is 37.8 Å². The van der Waals surface area contributed by atoms with Gasteiger partial charge in [0.15, 0.2) is 5.65 Å². The molecule has 128 valence electrons. The van der Waals surface area contributed by atoms with Crippen molar-refractivity contribution in [1.82, 2.24) is 19.6 Å². The molecule has 1 aliphatic rings. The van der Waals surface area contributed by atoms with E-state index in [-0.39, 0.29) is 5.60 Å². The van der Waals surface area contributed by atoms with Crippen LogP contribution in [0.25, 0.3) is 15.9 Å². The number of ether oxygens (including phenoxy) is 1. The maximum absolute atomic E-state index is 5.96. The predicted octanol–water partition coefficient (Wildman–Crippen LogP) is 1.61. The monoisotopic (exact) mass is 346 g/mol. The summed E-state index contributed by atoms with van der Waals surface area (Å²) in [6.07, 6.45) is 2.69. The van der Waals surface area contributed by atoms with E-state index in [1.807, 2.05) is 4.52 Å². The lowest BCUT2D eigenvalue weighted by molar-refractivity contribution is -0.910. The Labute approximate surface area is 145 Å². The summed E-state index contributed by atoms with van der Waals surface area (Å²) in [5.74, 6) is 0.897. The smallest absolute Gasteiger partial charge is 0.206 e. The molecule has 0 amide bonds. The van der Waals surface area contributed by atoms with Crippen molar-refractivity contribution < 1.29 is 9.64 Å². The van der Waals surface area contributed by atoms with Crippen LogP contribution in [0.15, 0.2) is 6.33 Å². The zero-order chi connectivity index (χ0) is 16.9. The number of quaternary nitrogens is 1. The van der Waals surface area contributed by atoms with Crippen LogP contribution < -0.4 is 4.90 Å². The van der Waals surface area contributed by atoms with Crippen LogP contribution in [-0.4, -0.2) is 38.3 Å². The number of aromatic nitrogens is 4. The Morgan fingerprint density at radius 3 is 2.88 bits per heavy atom. The normalized spacial score (nSPS) is 17.0. The third-order valence-corrected chi connectivity index (χ3v) is 5.97. The van der Waals surface area contributed by atoms with Crippen LogP contribution in [-0.2, 0) is 24.3 Å². The van der Waals surface area contributed by atoms with Gasteiger partial charge >= 0.3 is 0 Å². The molecule has 0 unspecified atom stereocenters. The van der Waals surface area contributed by atoms with Gasteiger partial charge in [0, 0.05) is 11.3 Å². The summed E-state index contributed by atoms with van der Waals surface area (Å²) in [6.45, 7) is 12.4. The molecule has 0 radical (unpaired) electrons. The van der Waals surface area contributed by atoms with Crippen LogP contribution in [0.5, 0.6) is 0 Å². The van der Waals surface area contributed by atoms with E-state index in [1.54, 1.807) is 17.7 Å². The molecule has 7 heteroatoms. The van der Waals surface area contributed by atoms with Crippen LogP contribution in [0, 0.1) is 0 Å². The molecule has 3 aromatic heterocycles. The highest BCUT2D eigenvalue weighted by molar-refractivity contribution is 7.19. The van der Waals surface area contributed by atoms with Crippen LogP contribution >= 0.6 is 11.3 Å². The number of fused-ring (bicyclic) bond motifs is 5. The lowest BCUT2D eigenvalue weighted by Gasteiger charge is -2.30. The minimum Gasteiger partial charge on any atom is -0.370 e. The molecule has 0 atom stereocenters. The van der Waals surface area contributed by atoms with Crippen LogP contribution in [0.4, 0.5) is 0 Å². The molecule has 0 spiro atoms. The van der Waals surface area contributed by atoms with Crippen LogP contribution in [0.1, 0.15) is 44.0 Å². The van der Waals surface area contributed by atoms with Gasteiger partial charge in [0.2, 0.25) is 5.82 Å². The van der Waals surface area contributed by atoms with Crippen molar-refractivity contribution in [2.75, 3.05) is 13.1 Å². The quantitative estimate of drug-likeness (QED) is 0.780. The van der Waals surface area contributed by atoms with E-state index in [1.165, 1.54) is 20.7 Å². The summed E-state index contributed by atoms with van der Waals surface area (Å²) in [7, 11) is 0. The molecule has 0 aliphatic carbocycles. The molecule has 1 N–H and O–H groups in total. The van der Waals surface area contributed by atoms with Crippen molar-refractivity contribution in [2.45, 2.75) is 52.9 Å². The highest BCUT2D eigenvalue weighted by atomic mass is 32.1. The summed E-state index contributed by atoms with van der Waals surface area (Å²) < 4.78 is 7.80. The van der Waals surface area contributed by atoms with Crippen LogP contribution in [0.2, 0.25) is 0 Å². The molecule has 4 rings (SSSR count). The minimum atomic E-state index is -0.137. The Hall–Kier alpha value is -1.57. The second-order valence-electron chi connectivity index (χ2n) is 7.08. The Morgan fingerprint density at radius 1 is 1.33 bits per heavy atom. The molecule has 6 nitrogen and oxygen atoms in total. The first-order chi connectivity index (χ1) is 11.5. The Morgan fingerprint density at radius 2 is 2.12 bits per heavy atom. The molecule has 0 saturated carbocycles. The minimum absolute atomic E-state index is 0.137. The summed E-state index contributed by atoms with van der Waals surface area (Å²) in [4.78, 5) is 13.3. The van der Waals surface area contributed by atoms with Gasteiger partial charge in [0.25, 0.3) is 0 Å². The Bertz CT molecular complexity index is 893. The van der Waals surface area contributed by atoms with Gasteiger partial charge in [-0.1, -0.05) is 0 Å². The summed E-state index contributed by atoms with van der Waals surface area (Å²) in [5, 5.41) is 5.83. The summed E-state index contributed by atoms with van der Waals surface area (Å²) in [5.41, 5.74) is 2.15. The fraction of sp³-hybridized carbons (Fsp3) is 0.588. The van der Waals surface area contributed by atoms with E-state index >= 15 is 0 Å². The first kappa shape index (κ1) is 15.9. The average molecular weight is 346 g/mol. The topological polar surface area (TPSA) is 56.8 Å². The lowest BCUT2D eigenvalue weighted by atomic mass is 9.94. The van der Waals surface area contributed by atoms with Crippen LogP contribution in [0.3, 0.4) is 0 Å². The SMILES string of the molecule is CC[NH+](CC)Cc1nc2c3c4c(sc3ncn2n1)COC(C)(C)C4. The lowest BCUT2D eigenvalue weighted by Crippen LogP contribution is -3.10. The van der Waals surface area contributed by atoms with Crippen molar-refractivity contribution in [3.8, 4) is 0 Å². The molecule has 4 heterocycles. The number of hydrogen-bond donors (Lipinski definition) is 1. The standard InChI is InChI=1S/C17H23N5OS/c1-5-21(6-2)8-13-19-15-14-11-7-17(3,4)23-9-12(11)24-16(14)18-10-22(15)20-13/h10H,5-9H2,1-4H3/p+1. The maximum Gasteiger partial charge on any atom is 0.206 e. The number of nitrogens with one attached hydrogen (secondary N) is 1. The molecule has 0 saturated heterocycles. The van der Waals surface area contributed by atoms with Crippen molar-refractivity contribution >= 4 is 27.2 Å². The Balaban J connectivity index is 1.85. The molecular formula is C17H24N5OS+. The molecule has 0 fully saturated rings. The molecule has 3 aromatic rings. The second-order valence-corrected chi connectivity index (χ2v) is 8.17. The third kappa shape index (κ3) is 2.60. The zero-order valence-electron chi connectivity index (χ0n) is 14.7.